The van der Waals surface area contributed by atoms with Crippen molar-refractivity contribution in [1.82, 2.24) is 10.1 Å². The summed E-state index contributed by atoms with van der Waals surface area (Å²) in [4.78, 5) is 4.18. The van der Waals surface area contributed by atoms with Crippen LogP contribution in [0.5, 0.6) is 0 Å². The number of nitrogen functional groups attached to an aromatic ring is 1. The maximum absolute atomic E-state index is 13.9. The first-order valence-corrected chi connectivity index (χ1v) is 5.69. The van der Waals surface area contributed by atoms with Crippen LogP contribution in [0.3, 0.4) is 0 Å². The number of pyridine rings is 1. The average molecular weight is 255 g/mol. The van der Waals surface area contributed by atoms with Gasteiger partial charge in [0.25, 0.3) is 0 Å². The van der Waals surface area contributed by atoms with Gasteiger partial charge in [0.1, 0.15) is 11.5 Å². The average Bonchev–Trinajstić information content (AvgIpc) is 2.82. The predicted octanol–water partition coefficient (Wildman–Crippen LogP) is 3.12. The molecule has 5 heteroatoms. The molecule has 0 aliphatic rings. The molecule has 2 heterocycles. The largest absolute Gasteiger partial charge is 0.367 e. The second kappa shape index (κ2) is 4.53. The zero-order valence-corrected chi connectivity index (χ0v) is 9.88. The molecule has 0 bridgehead atoms. The highest BCUT2D eigenvalue weighted by Gasteiger charge is 2.20. The lowest BCUT2D eigenvalue weighted by Crippen LogP contribution is -1.91. The molecule has 3 rings (SSSR count). The van der Waals surface area contributed by atoms with Gasteiger partial charge in [-0.2, -0.15) is 0 Å². The molecule has 1 aromatic carbocycles. The molecule has 0 atom stereocenters. The summed E-state index contributed by atoms with van der Waals surface area (Å²) in [5.74, 6) is -0.305. The Morgan fingerprint density at radius 1 is 1.05 bits per heavy atom. The zero-order valence-electron chi connectivity index (χ0n) is 9.88. The predicted molar refractivity (Wildman–Crippen MR) is 69.5 cm³/mol. The summed E-state index contributed by atoms with van der Waals surface area (Å²) in [5, 5.41) is 3.87. The van der Waals surface area contributed by atoms with Gasteiger partial charge < -0.3 is 10.3 Å². The number of nitrogens with zero attached hydrogens (tertiary/aromatic N) is 2. The smallest absolute Gasteiger partial charge is 0.230 e. The molecule has 2 N–H and O–H groups in total. The molecule has 0 saturated heterocycles. The van der Waals surface area contributed by atoms with Crippen molar-refractivity contribution in [2.45, 2.75) is 0 Å². The van der Waals surface area contributed by atoms with Gasteiger partial charge in [0.05, 0.1) is 11.3 Å². The molecule has 0 spiro atoms. The van der Waals surface area contributed by atoms with Crippen molar-refractivity contribution in [2.75, 3.05) is 5.73 Å². The maximum atomic E-state index is 13.9. The van der Waals surface area contributed by atoms with E-state index in [2.05, 4.69) is 10.1 Å². The minimum absolute atomic E-state index is 0.0748. The van der Waals surface area contributed by atoms with Crippen LogP contribution in [0.2, 0.25) is 0 Å². The summed E-state index contributed by atoms with van der Waals surface area (Å²) in [7, 11) is 0. The van der Waals surface area contributed by atoms with E-state index in [0.717, 1.165) is 0 Å². The van der Waals surface area contributed by atoms with Gasteiger partial charge in [-0.3, -0.25) is 4.98 Å². The molecule has 3 aromatic rings. The van der Waals surface area contributed by atoms with E-state index >= 15 is 0 Å². The Kier molecular flexibility index (Phi) is 2.72. The van der Waals surface area contributed by atoms with Crippen LogP contribution in [0.15, 0.2) is 53.2 Å². The molecule has 2 aromatic heterocycles. The molecular formula is C14H10FN3O. The van der Waals surface area contributed by atoms with Gasteiger partial charge in [-0.1, -0.05) is 29.4 Å². The summed E-state index contributed by atoms with van der Waals surface area (Å²) in [6.45, 7) is 0. The van der Waals surface area contributed by atoms with E-state index in [-0.39, 0.29) is 11.7 Å². The third-order valence-corrected chi connectivity index (χ3v) is 2.77. The summed E-state index contributed by atoms with van der Waals surface area (Å²) < 4.78 is 18.9. The van der Waals surface area contributed by atoms with Gasteiger partial charge in [-0.15, -0.1) is 0 Å². The maximum Gasteiger partial charge on any atom is 0.230 e. The lowest BCUT2D eigenvalue weighted by Gasteiger charge is -2.03. The molecule has 0 aliphatic heterocycles. The molecule has 0 aliphatic carbocycles. The SMILES string of the molecule is Nc1onc(-c2ccccn2)c1-c1ccccc1F. The molecule has 19 heavy (non-hydrogen) atoms. The standard InChI is InChI=1S/C14H10FN3O/c15-10-6-2-1-5-9(10)12-13(18-19-14(12)16)11-7-3-4-8-17-11/h1-8H,16H2. The van der Waals surface area contributed by atoms with E-state index in [9.17, 15) is 4.39 Å². The number of benzene rings is 1. The van der Waals surface area contributed by atoms with Gasteiger partial charge in [-0.05, 0) is 18.2 Å². The van der Waals surface area contributed by atoms with Gasteiger partial charge >= 0.3 is 0 Å². The third-order valence-electron chi connectivity index (χ3n) is 2.77. The van der Waals surface area contributed by atoms with E-state index in [0.29, 0.717) is 22.5 Å². The summed E-state index contributed by atoms with van der Waals surface area (Å²) in [6, 6.07) is 11.7. The fraction of sp³-hybridized carbons (Fsp3) is 0. The molecule has 0 saturated carbocycles. The first-order chi connectivity index (χ1) is 9.27. The van der Waals surface area contributed by atoms with Crippen molar-refractivity contribution in [1.29, 1.82) is 0 Å². The molecule has 0 fully saturated rings. The number of hydrogen-bond donors (Lipinski definition) is 1. The summed E-state index contributed by atoms with van der Waals surface area (Å²) in [6.07, 6.45) is 1.63. The minimum Gasteiger partial charge on any atom is -0.367 e. The van der Waals surface area contributed by atoms with Crippen LogP contribution in [0, 0.1) is 5.82 Å². The fourth-order valence-corrected chi connectivity index (χ4v) is 1.90. The second-order valence-electron chi connectivity index (χ2n) is 3.97. The highest BCUT2D eigenvalue weighted by atomic mass is 19.1. The lowest BCUT2D eigenvalue weighted by molar-refractivity contribution is 0.439. The van der Waals surface area contributed by atoms with E-state index in [1.165, 1.54) is 6.07 Å². The van der Waals surface area contributed by atoms with Gasteiger partial charge in [-0.25, -0.2) is 4.39 Å². The van der Waals surface area contributed by atoms with Crippen molar-refractivity contribution in [3.05, 3.63) is 54.5 Å². The highest BCUT2D eigenvalue weighted by molar-refractivity contribution is 5.85. The number of rotatable bonds is 2. The number of nitrogens with two attached hydrogens (primary N) is 1. The van der Waals surface area contributed by atoms with E-state index in [1.807, 2.05) is 6.07 Å². The van der Waals surface area contributed by atoms with Crippen LogP contribution < -0.4 is 5.73 Å². The Hall–Kier alpha value is -2.69. The molecule has 94 valence electrons. The Bertz CT molecular complexity index is 710. The van der Waals surface area contributed by atoms with Gasteiger partial charge in [0, 0.05) is 11.8 Å². The quantitative estimate of drug-likeness (QED) is 0.764. The van der Waals surface area contributed by atoms with Crippen LogP contribution in [-0.2, 0) is 0 Å². The monoisotopic (exact) mass is 255 g/mol. The van der Waals surface area contributed by atoms with Crippen molar-refractivity contribution in [3.8, 4) is 22.5 Å². The minimum atomic E-state index is -0.380. The molecule has 0 amide bonds. The van der Waals surface area contributed by atoms with Crippen LogP contribution >= 0.6 is 0 Å². The number of halogens is 1. The van der Waals surface area contributed by atoms with Crippen LogP contribution in [0.4, 0.5) is 10.3 Å². The van der Waals surface area contributed by atoms with Crippen molar-refractivity contribution >= 4 is 5.88 Å². The van der Waals surface area contributed by atoms with Crippen LogP contribution in [0.25, 0.3) is 22.5 Å². The highest BCUT2D eigenvalue weighted by Crippen LogP contribution is 2.36. The first kappa shape index (κ1) is 11.4. The Labute approximate surface area is 108 Å². The lowest BCUT2D eigenvalue weighted by atomic mass is 10.0. The molecule has 0 unspecified atom stereocenters. The third kappa shape index (κ3) is 1.95. The Morgan fingerprint density at radius 2 is 1.84 bits per heavy atom. The van der Waals surface area contributed by atoms with Gasteiger partial charge in [0.15, 0.2) is 0 Å². The molecule has 0 radical (unpaired) electrons. The van der Waals surface area contributed by atoms with E-state index in [1.54, 1.807) is 36.5 Å². The van der Waals surface area contributed by atoms with Crippen LogP contribution in [0.1, 0.15) is 0 Å². The summed E-state index contributed by atoms with van der Waals surface area (Å²) >= 11 is 0. The fourth-order valence-electron chi connectivity index (χ4n) is 1.90. The topological polar surface area (TPSA) is 64.9 Å². The van der Waals surface area contributed by atoms with Gasteiger partial charge in [0.2, 0.25) is 5.88 Å². The summed E-state index contributed by atoms with van der Waals surface area (Å²) in [5.41, 5.74) is 7.55. The number of aromatic nitrogens is 2. The Balaban J connectivity index is 2.23. The van der Waals surface area contributed by atoms with Crippen molar-refractivity contribution < 1.29 is 8.91 Å². The second-order valence-corrected chi connectivity index (χ2v) is 3.97. The normalized spacial score (nSPS) is 10.6. The number of hydrogen-bond acceptors (Lipinski definition) is 4. The molecule has 4 nitrogen and oxygen atoms in total. The van der Waals surface area contributed by atoms with Crippen molar-refractivity contribution in [3.63, 3.8) is 0 Å². The van der Waals surface area contributed by atoms with Crippen LogP contribution in [-0.4, -0.2) is 10.1 Å². The first-order valence-electron chi connectivity index (χ1n) is 5.69. The Morgan fingerprint density at radius 3 is 2.58 bits per heavy atom. The van der Waals surface area contributed by atoms with E-state index in [4.69, 9.17) is 10.3 Å². The zero-order chi connectivity index (χ0) is 13.2. The molecular weight excluding hydrogens is 245 g/mol. The van der Waals surface area contributed by atoms with Crippen molar-refractivity contribution in [2.24, 2.45) is 0 Å². The number of anilines is 1. The van der Waals surface area contributed by atoms with E-state index < -0.39 is 0 Å².